The molecule has 4 aromatic heterocycles. The van der Waals surface area contributed by atoms with E-state index in [-0.39, 0.29) is 23.7 Å². The van der Waals surface area contributed by atoms with Gasteiger partial charge >= 0.3 is 5.69 Å². The third-order valence-corrected chi connectivity index (χ3v) is 5.49. The molecule has 32 heavy (non-hydrogen) atoms. The second-order valence-corrected chi connectivity index (χ2v) is 7.29. The molecule has 1 aromatic carbocycles. The van der Waals surface area contributed by atoms with Gasteiger partial charge in [-0.15, -0.1) is 0 Å². The second kappa shape index (κ2) is 6.71. The summed E-state index contributed by atoms with van der Waals surface area (Å²) >= 11 is 0. The minimum absolute atomic E-state index is 0.148. The average molecular weight is 428 g/mol. The zero-order valence-electron chi connectivity index (χ0n) is 16.4. The Kier molecular flexibility index (Phi) is 3.82. The van der Waals surface area contributed by atoms with Crippen LogP contribution in [0.4, 0.5) is 4.39 Å². The first-order valence-corrected chi connectivity index (χ1v) is 9.77. The Morgan fingerprint density at radius 1 is 1.22 bits per heavy atom. The van der Waals surface area contributed by atoms with Crippen molar-refractivity contribution in [2.75, 3.05) is 6.61 Å². The molecule has 1 aliphatic heterocycles. The van der Waals surface area contributed by atoms with Gasteiger partial charge in [-0.3, -0.25) is 4.57 Å². The number of nitrogens with zero attached hydrogens (tertiary/aromatic N) is 7. The first-order valence-electron chi connectivity index (χ1n) is 9.77. The summed E-state index contributed by atoms with van der Waals surface area (Å²) in [4.78, 5) is 28.9. The van der Waals surface area contributed by atoms with E-state index in [1.807, 2.05) is 6.07 Å². The van der Waals surface area contributed by atoms with Crippen molar-refractivity contribution in [1.29, 1.82) is 5.26 Å². The van der Waals surface area contributed by atoms with Crippen LogP contribution in [0.2, 0.25) is 0 Å². The van der Waals surface area contributed by atoms with Crippen LogP contribution in [-0.4, -0.2) is 40.7 Å². The molecule has 1 atom stereocenters. The van der Waals surface area contributed by atoms with Gasteiger partial charge < -0.3 is 9.72 Å². The topological polar surface area (TPSA) is 127 Å². The molecule has 10 nitrogen and oxygen atoms in total. The fourth-order valence-corrected chi connectivity index (χ4v) is 4.06. The highest BCUT2D eigenvalue weighted by Gasteiger charge is 2.29. The Morgan fingerprint density at radius 3 is 3.00 bits per heavy atom. The molecule has 0 fully saturated rings. The van der Waals surface area contributed by atoms with E-state index in [1.54, 1.807) is 30.6 Å². The average Bonchev–Trinajstić information content (AvgIpc) is 3.38. The van der Waals surface area contributed by atoms with Gasteiger partial charge in [-0.05, 0) is 12.1 Å². The minimum Gasteiger partial charge on any atom is -0.490 e. The number of nitrogens with one attached hydrogen (secondary N) is 1. The normalized spacial score (nSPS) is 15.4. The number of imidazole rings is 1. The Morgan fingerprint density at radius 2 is 2.12 bits per heavy atom. The standard InChI is InChI=1S/C21H13FN8O2/c22-14-3-1-2-12-16(5-7-32-17(12)14)30-20-15(27-21(30)31)10-24-18(28-20)13-9-25-29-6-4-11(8-23)26-19(13)29/h1-4,6,9-10,16H,5,7H2,(H,27,31). The van der Waals surface area contributed by atoms with Crippen molar-refractivity contribution in [3.63, 3.8) is 0 Å². The number of rotatable bonds is 2. The van der Waals surface area contributed by atoms with Crippen molar-refractivity contribution in [3.8, 4) is 23.2 Å². The summed E-state index contributed by atoms with van der Waals surface area (Å²) in [5.41, 5.74) is 2.20. The van der Waals surface area contributed by atoms with Crippen LogP contribution in [-0.2, 0) is 0 Å². The maximum absolute atomic E-state index is 14.3. The second-order valence-electron chi connectivity index (χ2n) is 7.29. The molecular formula is C21H13FN8O2. The highest BCUT2D eigenvalue weighted by molar-refractivity contribution is 5.77. The number of H-pyrrole nitrogens is 1. The van der Waals surface area contributed by atoms with E-state index in [9.17, 15) is 9.18 Å². The molecular weight excluding hydrogens is 415 g/mol. The lowest BCUT2D eigenvalue weighted by atomic mass is 10.00. The lowest BCUT2D eigenvalue weighted by Gasteiger charge is -2.26. The third kappa shape index (κ3) is 2.59. The van der Waals surface area contributed by atoms with Crippen molar-refractivity contribution < 1.29 is 9.13 Å². The zero-order chi connectivity index (χ0) is 21.8. The summed E-state index contributed by atoms with van der Waals surface area (Å²) in [6.07, 6.45) is 5.17. The van der Waals surface area contributed by atoms with Crippen LogP contribution in [0.25, 0.3) is 28.2 Å². The Labute approximate surface area is 178 Å². The van der Waals surface area contributed by atoms with Gasteiger partial charge in [-0.2, -0.15) is 10.4 Å². The third-order valence-electron chi connectivity index (χ3n) is 5.49. The molecule has 0 aliphatic carbocycles. The number of hydrogen-bond acceptors (Lipinski definition) is 7. The monoisotopic (exact) mass is 428 g/mol. The number of ether oxygens (including phenoxy) is 1. The molecule has 0 bridgehead atoms. The van der Waals surface area contributed by atoms with Crippen molar-refractivity contribution in [3.05, 3.63) is 70.4 Å². The predicted molar refractivity (Wildman–Crippen MR) is 109 cm³/mol. The van der Waals surface area contributed by atoms with Crippen molar-refractivity contribution in [2.45, 2.75) is 12.5 Å². The van der Waals surface area contributed by atoms with E-state index in [2.05, 4.69) is 25.0 Å². The van der Waals surface area contributed by atoms with Crippen molar-refractivity contribution >= 4 is 16.8 Å². The molecule has 156 valence electrons. The number of aromatic nitrogens is 7. The van der Waals surface area contributed by atoms with E-state index in [0.717, 1.165) is 0 Å². The molecule has 0 radical (unpaired) electrons. The molecule has 1 N–H and O–H groups in total. The predicted octanol–water partition coefficient (Wildman–Crippen LogP) is 2.21. The molecule has 0 amide bonds. The first-order chi connectivity index (χ1) is 15.6. The number of nitriles is 1. The maximum atomic E-state index is 14.3. The van der Waals surface area contributed by atoms with Gasteiger partial charge in [0.25, 0.3) is 0 Å². The fourth-order valence-electron chi connectivity index (χ4n) is 4.06. The summed E-state index contributed by atoms with van der Waals surface area (Å²) in [5, 5.41) is 13.4. The van der Waals surface area contributed by atoms with Crippen LogP contribution in [0.15, 0.2) is 47.7 Å². The molecule has 0 saturated heterocycles. The Bertz CT molecular complexity index is 1630. The molecule has 5 heterocycles. The van der Waals surface area contributed by atoms with Crippen LogP contribution < -0.4 is 10.4 Å². The Balaban J connectivity index is 1.56. The first kappa shape index (κ1) is 18.2. The van der Waals surface area contributed by atoms with Crippen LogP contribution >= 0.6 is 0 Å². The van der Waals surface area contributed by atoms with Crippen LogP contribution in [0.1, 0.15) is 23.7 Å². The van der Waals surface area contributed by atoms with Crippen LogP contribution in [0.3, 0.4) is 0 Å². The Hall–Kier alpha value is -4.59. The van der Waals surface area contributed by atoms with Crippen molar-refractivity contribution in [2.24, 2.45) is 0 Å². The number of aromatic amines is 1. The van der Waals surface area contributed by atoms with Gasteiger partial charge in [0.2, 0.25) is 0 Å². The van der Waals surface area contributed by atoms with Gasteiger partial charge in [-0.1, -0.05) is 12.1 Å². The molecule has 0 spiro atoms. The molecule has 1 aliphatic rings. The van der Waals surface area contributed by atoms with Crippen LogP contribution in [0.5, 0.6) is 5.75 Å². The quantitative estimate of drug-likeness (QED) is 0.457. The van der Waals surface area contributed by atoms with Gasteiger partial charge in [0, 0.05) is 18.2 Å². The SMILES string of the molecule is N#Cc1ccn2ncc(-c3ncc4[nH]c(=O)n(C5CCOc6c(F)cccc65)c4n3)c2n1. The van der Waals surface area contributed by atoms with Gasteiger partial charge in [-0.25, -0.2) is 28.7 Å². The van der Waals surface area contributed by atoms with Crippen LogP contribution in [0, 0.1) is 17.1 Å². The number of fused-ring (bicyclic) bond motifs is 3. The number of halogens is 1. The van der Waals surface area contributed by atoms with Gasteiger partial charge in [0.15, 0.2) is 28.7 Å². The molecule has 5 aromatic rings. The summed E-state index contributed by atoms with van der Waals surface area (Å²) < 4.78 is 22.8. The summed E-state index contributed by atoms with van der Waals surface area (Å²) in [5.74, 6) is -0.0226. The molecule has 1 unspecified atom stereocenters. The lowest BCUT2D eigenvalue weighted by Crippen LogP contribution is -2.28. The maximum Gasteiger partial charge on any atom is 0.328 e. The molecule has 11 heteroatoms. The highest BCUT2D eigenvalue weighted by atomic mass is 19.1. The van der Waals surface area contributed by atoms with E-state index in [0.29, 0.717) is 40.2 Å². The largest absolute Gasteiger partial charge is 0.490 e. The number of para-hydroxylation sites is 1. The summed E-state index contributed by atoms with van der Waals surface area (Å²) in [6.45, 7) is 0.268. The summed E-state index contributed by atoms with van der Waals surface area (Å²) in [6, 6.07) is 7.76. The van der Waals surface area contributed by atoms with E-state index in [4.69, 9.17) is 10.00 Å². The minimum atomic E-state index is -0.471. The van der Waals surface area contributed by atoms with Gasteiger partial charge in [0.1, 0.15) is 17.3 Å². The van der Waals surface area contributed by atoms with Gasteiger partial charge in [0.05, 0.1) is 30.6 Å². The molecule has 6 rings (SSSR count). The number of hydrogen-bond donors (Lipinski definition) is 1. The smallest absolute Gasteiger partial charge is 0.328 e. The zero-order valence-corrected chi connectivity index (χ0v) is 16.4. The summed E-state index contributed by atoms with van der Waals surface area (Å²) in [7, 11) is 0. The fraction of sp³-hybridized carbons (Fsp3) is 0.143. The highest BCUT2D eigenvalue weighted by Crippen LogP contribution is 2.37. The number of benzene rings is 1. The van der Waals surface area contributed by atoms with Crippen molar-refractivity contribution in [1.82, 2.24) is 34.1 Å². The van der Waals surface area contributed by atoms with E-state index in [1.165, 1.54) is 21.3 Å². The lowest BCUT2D eigenvalue weighted by molar-refractivity contribution is 0.244. The molecule has 0 saturated carbocycles. The van der Waals surface area contributed by atoms with E-state index >= 15 is 0 Å². The van der Waals surface area contributed by atoms with E-state index < -0.39 is 11.9 Å².